The molecule has 2 heterocycles. The summed E-state index contributed by atoms with van der Waals surface area (Å²) in [4.78, 5) is 18.9. The highest BCUT2D eigenvalue weighted by Gasteiger charge is 2.15. The second kappa shape index (κ2) is 12.8. The van der Waals surface area contributed by atoms with Crippen LogP contribution >= 0.6 is 0 Å². The molecule has 0 atom stereocenters. The van der Waals surface area contributed by atoms with Gasteiger partial charge < -0.3 is 15.4 Å². The Morgan fingerprint density at radius 2 is 1.91 bits per heavy atom. The molecule has 0 amide bonds. The molecule has 0 aromatic carbocycles. The van der Waals surface area contributed by atoms with Gasteiger partial charge in [-0.3, -0.25) is 20.2 Å². The lowest BCUT2D eigenvalue weighted by molar-refractivity contribution is -0.0500. The molecule has 1 aliphatic carbocycles. The van der Waals surface area contributed by atoms with Crippen LogP contribution in [0.4, 0.5) is 14.5 Å². The van der Waals surface area contributed by atoms with Crippen molar-refractivity contribution in [3.63, 3.8) is 0 Å². The summed E-state index contributed by atoms with van der Waals surface area (Å²) in [6, 6.07) is 3.75. The van der Waals surface area contributed by atoms with Crippen molar-refractivity contribution >= 4 is 17.7 Å². The van der Waals surface area contributed by atoms with Crippen molar-refractivity contribution in [3.05, 3.63) is 47.5 Å². The SMILES string of the molecule is CC(C)Nc1cc(C=O)cnc1C(=N)c1cncc(OC(F)F)c1.CNC1CCCCC1. The number of pyridine rings is 2. The maximum Gasteiger partial charge on any atom is 0.387 e. The topological polar surface area (TPSA) is 100.0 Å². The third-order valence-electron chi connectivity index (χ3n) is 4.97. The van der Waals surface area contributed by atoms with Crippen molar-refractivity contribution in [2.45, 2.75) is 64.6 Å². The second-order valence-corrected chi connectivity index (χ2v) is 7.87. The van der Waals surface area contributed by atoms with Gasteiger partial charge in [-0.05, 0) is 45.9 Å². The van der Waals surface area contributed by atoms with Gasteiger partial charge in [0.1, 0.15) is 11.4 Å². The summed E-state index contributed by atoms with van der Waals surface area (Å²) in [7, 11) is 2.07. The van der Waals surface area contributed by atoms with E-state index in [0.717, 1.165) is 12.2 Å². The molecule has 0 radical (unpaired) electrons. The van der Waals surface area contributed by atoms with Crippen molar-refractivity contribution in [2.75, 3.05) is 12.4 Å². The number of hydrogen-bond donors (Lipinski definition) is 3. The Morgan fingerprint density at radius 3 is 2.47 bits per heavy atom. The highest BCUT2D eigenvalue weighted by Crippen LogP contribution is 2.22. The van der Waals surface area contributed by atoms with Gasteiger partial charge >= 0.3 is 6.61 Å². The van der Waals surface area contributed by atoms with Crippen LogP contribution < -0.4 is 15.4 Å². The first-order valence-electron chi connectivity index (χ1n) is 10.7. The molecule has 0 saturated heterocycles. The number of carbonyl (C=O) groups excluding carboxylic acids is 1. The molecule has 1 aliphatic rings. The molecule has 3 N–H and O–H groups in total. The Balaban J connectivity index is 0.000000380. The van der Waals surface area contributed by atoms with Crippen LogP contribution in [0.5, 0.6) is 5.75 Å². The monoisotopic (exact) mass is 447 g/mol. The lowest BCUT2D eigenvalue weighted by Crippen LogP contribution is -2.26. The van der Waals surface area contributed by atoms with E-state index in [4.69, 9.17) is 5.41 Å². The zero-order valence-electron chi connectivity index (χ0n) is 18.7. The number of aromatic nitrogens is 2. The van der Waals surface area contributed by atoms with Crippen LogP contribution in [-0.2, 0) is 0 Å². The molecule has 0 spiro atoms. The molecule has 3 rings (SSSR count). The van der Waals surface area contributed by atoms with E-state index < -0.39 is 6.61 Å². The summed E-state index contributed by atoms with van der Waals surface area (Å²) in [5.74, 6) is -0.143. The largest absolute Gasteiger partial charge is 0.433 e. The first-order valence-corrected chi connectivity index (χ1v) is 10.7. The number of anilines is 1. The minimum atomic E-state index is -2.97. The fourth-order valence-corrected chi connectivity index (χ4v) is 3.42. The van der Waals surface area contributed by atoms with Gasteiger partial charge in [-0.1, -0.05) is 19.3 Å². The molecule has 1 fully saturated rings. The fourth-order valence-electron chi connectivity index (χ4n) is 3.42. The first-order chi connectivity index (χ1) is 15.3. The van der Waals surface area contributed by atoms with Crippen molar-refractivity contribution in [3.8, 4) is 5.75 Å². The van der Waals surface area contributed by atoms with E-state index in [1.165, 1.54) is 50.6 Å². The van der Waals surface area contributed by atoms with Crippen molar-refractivity contribution in [1.29, 1.82) is 5.41 Å². The van der Waals surface area contributed by atoms with Gasteiger partial charge in [-0.15, -0.1) is 0 Å². The van der Waals surface area contributed by atoms with Crippen LogP contribution in [0.1, 0.15) is 67.6 Å². The zero-order chi connectivity index (χ0) is 23.5. The highest BCUT2D eigenvalue weighted by atomic mass is 19.3. The number of nitrogens with one attached hydrogen (secondary N) is 3. The Bertz CT molecular complexity index is 886. The molecule has 0 aliphatic heterocycles. The van der Waals surface area contributed by atoms with Crippen LogP contribution in [0, 0.1) is 5.41 Å². The third kappa shape index (κ3) is 7.96. The second-order valence-electron chi connectivity index (χ2n) is 7.87. The summed E-state index contributed by atoms with van der Waals surface area (Å²) in [5.41, 5.74) is 1.39. The van der Waals surface area contributed by atoms with Crippen molar-refractivity contribution < 1.29 is 18.3 Å². The van der Waals surface area contributed by atoms with Gasteiger partial charge in [-0.2, -0.15) is 8.78 Å². The molecular formula is C23H31F2N5O2. The van der Waals surface area contributed by atoms with Crippen LogP contribution in [0.25, 0.3) is 0 Å². The summed E-state index contributed by atoms with van der Waals surface area (Å²) in [5, 5.41) is 14.7. The fraction of sp³-hybridized carbons (Fsp3) is 0.478. The number of carbonyl (C=O) groups is 1. The smallest absolute Gasteiger partial charge is 0.387 e. The molecule has 32 heavy (non-hydrogen) atoms. The van der Waals surface area contributed by atoms with E-state index in [9.17, 15) is 13.6 Å². The molecule has 2 aromatic rings. The maximum atomic E-state index is 12.3. The Kier molecular flexibility index (Phi) is 10.1. The number of nitrogens with zero attached hydrogens (tertiary/aromatic N) is 2. The molecule has 174 valence electrons. The normalized spacial score (nSPS) is 14.0. The lowest BCUT2D eigenvalue weighted by Gasteiger charge is -2.20. The number of halogens is 2. The van der Waals surface area contributed by atoms with E-state index in [2.05, 4.69) is 32.4 Å². The number of ether oxygens (including phenoxy) is 1. The van der Waals surface area contributed by atoms with Crippen molar-refractivity contribution in [1.82, 2.24) is 15.3 Å². The summed E-state index contributed by atoms with van der Waals surface area (Å²) < 4.78 is 28.9. The predicted octanol–water partition coefficient (Wildman–Crippen LogP) is 4.67. The Morgan fingerprint density at radius 1 is 1.19 bits per heavy atom. The van der Waals surface area contributed by atoms with Gasteiger partial charge in [0.2, 0.25) is 0 Å². The summed E-state index contributed by atoms with van der Waals surface area (Å²) in [6.07, 6.45) is 11.6. The summed E-state index contributed by atoms with van der Waals surface area (Å²) >= 11 is 0. The molecule has 1 saturated carbocycles. The maximum absolute atomic E-state index is 12.3. The highest BCUT2D eigenvalue weighted by molar-refractivity contribution is 6.13. The standard InChI is InChI=1S/C16H16F2N4O2.C7H15N/c1-9(2)22-13-3-10(8-23)5-21-15(13)14(19)11-4-12(7-20-6-11)24-16(17)18;1-8-7-5-3-2-4-6-7/h3-9,16,19,22H,1-2H3;7-8H,2-6H2,1H3. The Hall–Kier alpha value is -2.94. The van der Waals surface area contributed by atoms with Gasteiger partial charge in [0.25, 0.3) is 0 Å². The van der Waals surface area contributed by atoms with E-state index in [1.807, 2.05) is 13.8 Å². The third-order valence-corrected chi connectivity index (χ3v) is 4.97. The average Bonchev–Trinajstić information content (AvgIpc) is 2.79. The van der Waals surface area contributed by atoms with E-state index in [0.29, 0.717) is 17.5 Å². The minimum absolute atomic E-state index is 0.0252. The van der Waals surface area contributed by atoms with E-state index in [1.54, 1.807) is 6.07 Å². The van der Waals surface area contributed by atoms with Crippen molar-refractivity contribution in [2.24, 2.45) is 0 Å². The predicted molar refractivity (Wildman–Crippen MR) is 121 cm³/mol. The Labute approximate surface area is 187 Å². The number of aldehydes is 1. The molecule has 2 aromatic heterocycles. The molecular weight excluding hydrogens is 416 g/mol. The number of rotatable bonds is 8. The van der Waals surface area contributed by atoms with Gasteiger partial charge in [0, 0.05) is 35.6 Å². The molecule has 9 heteroatoms. The first kappa shape index (κ1) is 25.3. The van der Waals surface area contributed by atoms with Gasteiger partial charge in [-0.25, -0.2) is 0 Å². The molecule has 0 unspecified atom stereocenters. The molecule has 7 nitrogen and oxygen atoms in total. The minimum Gasteiger partial charge on any atom is -0.433 e. The van der Waals surface area contributed by atoms with Gasteiger partial charge in [0.15, 0.2) is 6.29 Å². The van der Waals surface area contributed by atoms with Crippen LogP contribution in [-0.4, -0.2) is 47.7 Å². The zero-order valence-corrected chi connectivity index (χ0v) is 18.7. The van der Waals surface area contributed by atoms with Crippen LogP contribution in [0.3, 0.4) is 0 Å². The number of alkyl halides is 2. The van der Waals surface area contributed by atoms with Crippen LogP contribution in [0.2, 0.25) is 0 Å². The van der Waals surface area contributed by atoms with Crippen LogP contribution in [0.15, 0.2) is 30.7 Å². The average molecular weight is 448 g/mol. The molecule has 0 bridgehead atoms. The van der Waals surface area contributed by atoms with E-state index in [-0.39, 0.29) is 28.8 Å². The van der Waals surface area contributed by atoms with E-state index >= 15 is 0 Å². The lowest BCUT2D eigenvalue weighted by atomic mass is 9.96. The quantitative estimate of drug-likeness (QED) is 0.402. The summed E-state index contributed by atoms with van der Waals surface area (Å²) in [6.45, 7) is 0.832. The van der Waals surface area contributed by atoms with Gasteiger partial charge in [0.05, 0.1) is 17.6 Å². The number of hydrogen-bond acceptors (Lipinski definition) is 7.